The molecule has 0 saturated heterocycles. The third kappa shape index (κ3) is 4.01. The molecule has 9 aromatic rings. The Hall–Kier alpha value is -6.88. The highest BCUT2D eigenvalue weighted by Gasteiger charge is 2.20. The third-order valence-electron chi connectivity index (χ3n) is 9.45. The van der Waals surface area contributed by atoms with Crippen molar-refractivity contribution in [1.29, 1.82) is 10.5 Å². The lowest BCUT2D eigenvalue weighted by molar-refractivity contribution is 1.18. The zero-order valence-electron chi connectivity index (χ0n) is 25.8. The first kappa shape index (κ1) is 27.4. The Labute approximate surface area is 277 Å². The maximum absolute atomic E-state index is 10.7. The fourth-order valence-electron chi connectivity index (χ4n) is 7.40. The topological polar surface area (TPSA) is 57.4 Å². The van der Waals surface area contributed by atoms with Crippen molar-refractivity contribution < 1.29 is 0 Å². The van der Waals surface area contributed by atoms with Gasteiger partial charge in [0.1, 0.15) is 6.07 Å². The largest absolute Gasteiger partial charge is 0.309 e. The third-order valence-corrected chi connectivity index (χ3v) is 9.45. The average molecular weight is 611 g/mol. The lowest BCUT2D eigenvalue weighted by atomic mass is 9.91. The van der Waals surface area contributed by atoms with Gasteiger partial charge in [-0.1, -0.05) is 109 Å². The fourth-order valence-corrected chi connectivity index (χ4v) is 7.40. The summed E-state index contributed by atoms with van der Waals surface area (Å²) in [5.74, 6) is 0. The Morgan fingerprint density at radius 2 is 0.938 bits per heavy atom. The van der Waals surface area contributed by atoms with Gasteiger partial charge in [-0.05, 0) is 54.1 Å². The highest BCUT2D eigenvalue weighted by atomic mass is 15.0. The Morgan fingerprint density at radius 1 is 0.396 bits per heavy atom. The summed E-state index contributed by atoms with van der Waals surface area (Å²) in [4.78, 5) is 0. The number of benzene rings is 7. The van der Waals surface area contributed by atoms with Gasteiger partial charge in [0.05, 0.1) is 45.0 Å². The van der Waals surface area contributed by atoms with E-state index >= 15 is 0 Å². The van der Waals surface area contributed by atoms with Gasteiger partial charge in [0, 0.05) is 43.9 Å². The fraction of sp³-hybridized carbons (Fsp3) is 0. The molecule has 0 fully saturated rings. The molecule has 2 aromatic heterocycles. The van der Waals surface area contributed by atoms with Crippen LogP contribution in [0.25, 0.3) is 77.2 Å². The SMILES string of the molecule is N#Cc1c(-c2ccc(-n3c4ccccc4c4ccccc43)cc2)cccc1-c1ccccc1-n1c2ccccc2c2c(C#N)cccc21. The first-order chi connectivity index (χ1) is 23.8. The molecular formula is C44H26N4. The molecule has 0 aliphatic heterocycles. The molecule has 7 aromatic carbocycles. The number of fused-ring (bicyclic) bond motifs is 6. The van der Waals surface area contributed by atoms with Gasteiger partial charge >= 0.3 is 0 Å². The van der Waals surface area contributed by atoms with Gasteiger partial charge < -0.3 is 9.13 Å². The number of rotatable bonds is 4. The second kappa shape index (κ2) is 10.9. The van der Waals surface area contributed by atoms with Gasteiger partial charge in [0.25, 0.3) is 0 Å². The first-order valence-electron chi connectivity index (χ1n) is 15.9. The number of hydrogen-bond donors (Lipinski definition) is 0. The lowest BCUT2D eigenvalue weighted by Gasteiger charge is -2.17. The van der Waals surface area contributed by atoms with Crippen LogP contribution in [0.5, 0.6) is 0 Å². The maximum atomic E-state index is 10.7. The van der Waals surface area contributed by atoms with E-state index in [1.54, 1.807) is 0 Å². The summed E-state index contributed by atoms with van der Waals surface area (Å²) in [6, 6.07) is 58.8. The molecule has 0 spiro atoms. The molecule has 0 unspecified atom stereocenters. The second-order valence-corrected chi connectivity index (χ2v) is 11.9. The molecule has 2 heterocycles. The molecule has 9 rings (SSSR count). The van der Waals surface area contributed by atoms with Gasteiger partial charge in [-0.25, -0.2) is 0 Å². The number of nitriles is 2. The van der Waals surface area contributed by atoms with Crippen LogP contribution in [0.1, 0.15) is 11.1 Å². The van der Waals surface area contributed by atoms with Crippen LogP contribution in [0.15, 0.2) is 158 Å². The Kier molecular flexibility index (Phi) is 6.22. The van der Waals surface area contributed by atoms with E-state index < -0.39 is 0 Å². The van der Waals surface area contributed by atoms with E-state index in [4.69, 9.17) is 0 Å². The summed E-state index contributed by atoms with van der Waals surface area (Å²) in [6.07, 6.45) is 0. The molecule has 0 aliphatic carbocycles. The van der Waals surface area contributed by atoms with Gasteiger partial charge in [0.15, 0.2) is 0 Å². The molecule has 0 N–H and O–H groups in total. The van der Waals surface area contributed by atoms with Crippen LogP contribution in [0, 0.1) is 22.7 Å². The molecule has 0 radical (unpaired) electrons. The summed E-state index contributed by atoms with van der Waals surface area (Å²) >= 11 is 0. The van der Waals surface area contributed by atoms with Gasteiger partial charge in [-0.15, -0.1) is 0 Å². The zero-order valence-corrected chi connectivity index (χ0v) is 25.8. The van der Waals surface area contributed by atoms with Crippen molar-refractivity contribution in [2.45, 2.75) is 0 Å². The molecule has 222 valence electrons. The van der Waals surface area contributed by atoms with E-state index in [9.17, 15) is 10.5 Å². The minimum atomic E-state index is 0.619. The summed E-state index contributed by atoms with van der Waals surface area (Å²) < 4.78 is 4.52. The van der Waals surface area contributed by atoms with Crippen molar-refractivity contribution in [2.75, 3.05) is 0 Å². The van der Waals surface area contributed by atoms with Crippen molar-refractivity contribution >= 4 is 43.6 Å². The van der Waals surface area contributed by atoms with Crippen molar-refractivity contribution in [1.82, 2.24) is 9.13 Å². The molecule has 0 aliphatic rings. The van der Waals surface area contributed by atoms with Gasteiger partial charge in [0.2, 0.25) is 0 Å². The van der Waals surface area contributed by atoms with Crippen molar-refractivity contribution in [3.05, 3.63) is 169 Å². The van der Waals surface area contributed by atoms with Gasteiger partial charge in [-0.2, -0.15) is 10.5 Å². The number of para-hydroxylation sites is 4. The molecule has 0 bridgehead atoms. The molecule has 0 saturated carbocycles. The van der Waals surface area contributed by atoms with Crippen LogP contribution in [0.3, 0.4) is 0 Å². The lowest BCUT2D eigenvalue weighted by Crippen LogP contribution is -1.99. The van der Waals surface area contributed by atoms with Crippen LogP contribution >= 0.6 is 0 Å². The predicted octanol–water partition coefficient (Wildman–Crippen LogP) is 11.0. The summed E-state index contributed by atoms with van der Waals surface area (Å²) in [5, 5.41) is 25.1. The number of nitrogens with zero attached hydrogens (tertiary/aromatic N) is 4. The Morgan fingerprint density at radius 3 is 1.62 bits per heavy atom. The molecule has 0 atom stereocenters. The summed E-state index contributed by atoms with van der Waals surface area (Å²) in [6.45, 7) is 0. The molecule has 48 heavy (non-hydrogen) atoms. The first-order valence-corrected chi connectivity index (χ1v) is 15.9. The summed E-state index contributed by atoms with van der Waals surface area (Å²) in [7, 11) is 0. The zero-order chi connectivity index (χ0) is 32.2. The van der Waals surface area contributed by atoms with Crippen LogP contribution in [0.4, 0.5) is 0 Å². The van der Waals surface area contributed by atoms with E-state index in [-0.39, 0.29) is 0 Å². The van der Waals surface area contributed by atoms with Crippen LogP contribution < -0.4 is 0 Å². The van der Waals surface area contributed by atoms with E-state index in [1.165, 1.54) is 10.8 Å². The second-order valence-electron chi connectivity index (χ2n) is 11.9. The molecule has 4 heteroatoms. The van der Waals surface area contributed by atoms with Crippen molar-refractivity contribution in [3.8, 4) is 45.8 Å². The normalized spacial score (nSPS) is 11.3. The predicted molar refractivity (Wildman–Crippen MR) is 195 cm³/mol. The molecule has 0 amide bonds. The highest BCUT2D eigenvalue weighted by Crippen LogP contribution is 2.40. The van der Waals surface area contributed by atoms with Crippen LogP contribution in [-0.4, -0.2) is 9.13 Å². The minimum absolute atomic E-state index is 0.619. The van der Waals surface area contributed by atoms with E-state index in [0.29, 0.717) is 11.1 Å². The Bertz CT molecular complexity index is 2750. The van der Waals surface area contributed by atoms with E-state index in [2.05, 4.69) is 124 Å². The molecule has 4 nitrogen and oxygen atoms in total. The summed E-state index contributed by atoms with van der Waals surface area (Å²) in [5.41, 5.74) is 11.2. The number of hydrogen-bond acceptors (Lipinski definition) is 2. The van der Waals surface area contributed by atoms with Gasteiger partial charge in [-0.3, -0.25) is 0 Å². The number of aromatic nitrogens is 2. The van der Waals surface area contributed by atoms with E-state index in [0.717, 1.165) is 66.5 Å². The Balaban J connectivity index is 1.21. The van der Waals surface area contributed by atoms with Crippen LogP contribution in [0.2, 0.25) is 0 Å². The van der Waals surface area contributed by atoms with Crippen molar-refractivity contribution in [2.24, 2.45) is 0 Å². The maximum Gasteiger partial charge on any atom is 0.100 e. The van der Waals surface area contributed by atoms with Crippen molar-refractivity contribution in [3.63, 3.8) is 0 Å². The van der Waals surface area contributed by atoms with E-state index in [1.807, 2.05) is 54.6 Å². The highest BCUT2D eigenvalue weighted by molar-refractivity contribution is 6.12. The smallest absolute Gasteiger partial charge is 0.100 e. The molecular weight excluding hydrogens is 585 g/mol. The van der Waals surface area contributed by atoms with Crippen LogP contribution in [-0.2, 0) is 0 Å². The average Bonchev–Trinajstić information content (AvgIpc) is 3.68. The standard InChI is InChI=1S/C44H26N4/c45-27-30-11-9-22-43-44(30)37-15-4-8-21-42(37)48(43)41-20-7-1-12-34(41)33-17-10-16-32(38(33)28-46)29-23-25-31(26-24-29)47-39-18-5-2-13-35(39)36-14-3-6-19-40(36)47/h1-26H. The quantitative estimate of drug-likeness (QED) is 0.199. The monoisotopic (exact) mass is 610 g/mol. The minimum Gasteiger partial charge on any atom is -0.309 e.